The fourth-order valence-corrected chi connectivity index (χ4v) is 7.08. The number of anilines is 1. The summed E-state index contributed by atoms with van der Waals surface area (Å²) in [5, 5.41) is 9.87. The van der Waals surface area contributed by atoms with Crippen LogP contribution in [0.25, 0.3) is 0 Å². The lowest BCUT2D eigenvalue weighted by atomic mass is 9.94. The van der Waals surface area contributed by atoms with E-state index in [2.05, 4.69) is 17.4 Å². The van der Waals surface area contributed by atoms with E-state index in [1.165, 1.54) is 12.0 Å². The van der Waals surface area contributed by atoms with Crippen molar-refractivity contribution in [2.45, 2.75) is 75.6 Å². The molecule has 0 saturated heterocycles. The lowest BCUT2D eigenvalue weighted by Crippen LogP contribution is -2.32. The minimum atomic E-state index is -0.600. The highest BCUT2D eigenvalue weighted by Gasteiger charge is 2.37. The first-order valence-corrected chi connectivity index (χ1v) is 17.3. The van der Waals surface area contributed by atoms with Gasteiger partial charge in [-0.2, -0.15) is 4.98 Å². The molecule has 0 radical (unpaired) electrons. The van der Waals surface area contributed by atoms with Gasteiger partial charge in [-0.25, -0.2) is 9.48 Å². The van der Waals surface area contributed by atoms with E-state index in [0.29, 0.717) is 61.8 Å². The van der Waals surface area contributed by atoms with E-state index < -0.39 is 6.04 Å². The smallest absolute Gasteiger partial charge is 0.338 e. The molecule has 4 aromatic rings. The van der Waals surface area contributed by atoms with E-state index in [4.69, 9.17) is 47.5 Å². The van der Waals surface area contributed by atoms with Crippen LogP contribution < -0.4 is 14.8 Å². The number of carbonyl (C=O) groups is 1. The SMILES string of the molecule is CCOc1cc(C2C(C(=O)OC3CCCCC3)=C(C)Nc3nc(SCc4ccccc4)nn32)ccc1OCc1c(Cl)cccc1Cl. The van der Waals surface area contributed by atoms with Crippen molar-refractivity contribution in [3.8, 4) is 11.5 Å². The van der Waals surface area contributed by atoms with Gasteiger partial charge in [0, 0.05) is 27.1 Å². The molecule has 0 bridgehead atoms. The van der Waals surface area contributed by atoms with Gasteiger partial charge in [-0.1, -0.05) is 83.8 Å². The number of ether oxygens (including phenoxy) is 3. The minimum absolute atomic E-state index is 0.0947. The van der Waals surface area contributed by atoms with Gasteiger partial charge in [-0.15, -0.1) is 5.10 Å². The fourth-order valence-electron chi connectivity index (χ4n) is 5.79. The lowest BCUT2D eigenvalue weighted by Gasteiger charge is -2.30. The molecular weight excluding hydrogens is 643 g/mol. The summed E-state index contributed by atoms with van der Waals surface area (Å²) in [7, 11) is 0. The lowest BCUT2D eigenvalue weighted by molar-refractivity contribution is -0.146. The molecule has 3 aromatic carbocycles. The second-order valence-corrected chi connectivity index (χ2v) is 13.1. The number of halogens is 2. The van der Waals surface area contributed by atoms with Crippen molar-refractivity contribution < 1.29 is 19.0 Å². The predicted octanol–water partition coefficient (Wildman–Crippen LogP) is 9.02. The van der Waals surface area contributed by atoms with Crippen LogP contribution in [-0.4, -0.2) is 33.4 Å². The van der Waals surface area contributed by atoms with Crippen molar-refractivity contribution in [3.05, 3.63) is 105 Å². The van der Waals surface area contributed by atoms with Gasteiger partial charge in [0.05, 0.1) is 12.2 Å². The average Bonchev–Trinajstić information content (AvgIpc) is 3.47. The molecule has 1 saturated carbocycles. The Balaban J connectivity index is 1.34. The standard InChI is InChI=1S/C35H36Cl2N4O4S/c1-3-43-30-19-24(17-18-29(30)44-20-26-27(36)15-10-16-28(26)37)32-31(33(42)45-25-13-8-5-9-14-25)22(2)38-34-39-35(40-41(32)34)46-21-23-11-6-4-7-12-23/h4,6-7,10-12,15-19,25,32H,3,5,8-9,13-14,20-21H2,1-2H3,(H,38,39,40). The maximum Gasteiger partial charge on any atom is 0.338 e. The van der Waals surface area contributed by atoms with Crippen LogP contribution in [0.5, 0.6) is 11.5 Å². The normalized spacial score (nSPS) is 16.5. The Bertz CT molecular complexity index is 1700. The molecule has 1 aromatic heterocycles. The van der Waals surface area contributed by atoms with Crippen molar-refractivity contribution in [1.29, 1.82) is 0 Å². The van der Waals surface area contributed by atoms with Crippen LogP contribution in [0, 0.1) is 0 Å². The molecule has 1 aliphatic heterocycles. The van der Waals surface area contributed by atoms with Gasteiger partial charge in [0.2, 0.25) is 11.1 Å². The summed E-state index contributed by atoms with van der Waals surface area (Å²) >= 11 is 14.3. The van der Waals surface area contributed by atoms with Crippen LogP contribution in [0.15, 0.2) is 83.2 Å². The van der Waals surface area contributed by atoms with Crippen molar-refractivity contribution in [2.24, 2.45) is 0 Å². The largest absolute Gasteiger partial charge is 0.490 e. The van der Waals surface area contributed by atoms with Crippen molar-refractivity contribution >= 4 is 46.9 Å². The molecule has 1 atom stereocenters. The fraction of sp³-hybridized carbons (Fsp3) is 0.343. The van der Waals surface area contributed by atoms with Crippen molar-refractivity contribution in [3.63, 3.8) is 0 Å². The van der Waals surface area contributed by atoms with Crippen LogP contribution in [0.1, 0.15) is 68.7 Å². The molecule has 1 fully saturated rings. The highest BCUT2D eigenvalue weighted by molar-refractivity contribution is 7.98. The molecule has 46 heavy (non-hydrogen) atoms. The van der Waals surface area contributed by atoms with Gasteiger partial charge in [0.1, 0.15) is 18.8 Å². The molecule has 2 heterocycles. The maximum atomic E-state index is 13.9. The number of thioether (sulfide) groups is 1. The van der Waals surface area contributed by atoms with Gasteiger partial charge in [-0.05, 0) is 74.9 Å². The Morgan fingerprint density at radius 1 is 0.978 bits per heavy atom. The van der Waals surface area contributed by atoms with E-state index in [-0.39, 0.29) is 18.7 Å². The first kappa shape index (κ1) is 32.3. The first-order valence-electron chi connectivity index (χ1n) is 15.6. The van der Waals surface area contributed by atoms with Crippen LogP contribution in [0.4, 0.5) is 5.95 Å². The second-order valence-electron chi connectivity index (χ2n) is 11.3. The van der Waals surface area contributed by atoms with Crippen molar-refractivity contribution in [1.82, 2.24) is 14.8 Å². The zero-order chi connectivity index (χ0) is 32.0. The summed E-state index contributed by atoms with van der Waals surface area (Å²) < 4.78 is 20.1. The third-order valence-electron chi connectivity index (χ3n) is 8.11. The molecule has 1 unspecified atom stereocenters. The maximum absolute atomic E-state index is 13.9. The van der Waals surface area contributed by atoms with Crippen molar-refractivity contribution in [2.75, 3.05) is 11.9 Å². The molecule has 0 spiro atoms. The monoisotopic (exact) mass is 678 g/mol. The van der Waals surface area contributed by atoms with Crippen LogP contribution in [0.2, 0.25) is 10.0 Å². The third kappa shape index (κ3) is 7.32. The quantitative estimate of drug-likeness (QED) is 0.124. The first-order chi connectivity index (χ1) is 22.4. The Hall–Kier alpha value is -3.66. The molecule has 240 valence electrons. The number of benzene rings is 3. The molecular formula is C35H36Cl2N4O4S. The third-order valence-corrected chi connectivity index (χ3v) is 9.72. The summed E-state index contributed by atoms with van der Waals surface area (Å²) in [5.41, 5.74) is 3.81. The van der Waals surface area contributed by atoms with Gasteiger partial charge in [0.25, 0.3) is 0 Å². The number of allylic oxidation sites excluding steroid dienone is 1. The van der Waals surface area contributed by atoms with Gasteiger partial charge >= 0.3 is 5.97 Å². The molecule has 1 aliphatic carbocycles. The Morgan fingerprint density at radius 3 is 2.48 bits per heavy atom. The summed E-state index contributed by atoms with van der Waals surface area (Å²) in [6.07, 6.45) is 4.95. The predicted molar refractivity (Wildman–Crippen MR) is 182 cm³/mol. The number of carbonyl (C=O) groups excluding carboxylic acids is 1. The highest BCUT2D eigenvalue weighted by atomic mass is 35.5. The van der Waals surface area contributed by atoms with Crippen LogP contribution in [0.3, 0.4) is 0 Å². The van der Waals surface area contributed by atoms with Crippen LogP contribution >= 0.6 is 35.0 Å². The Labute approximate surface area is 283 Å². The van der Waals surface area contributed by atoms with E-state index in [0.717, 1.165) is 31.2 Å². The molecule has 8 nitrogen and oxygen atoms in total. The minimum Gasteiger partial charge on any atom is -0.490 e. The average molecular weight is 680 g/mol. The number of fused-ring (bicyclic) bond motifs is 1. The molecule has 11 heteroatoms. The molecule has 6 rings (SSSR count). The summed E-state index contributed by atoms with van der Waals surface area (Å²) in [5.74, 6) is 1.97. The summed E-state index contributed by atoms with van der Waals surface area (Å²) in [6, 6.07) is 20.6. The van der Waals surface area contributed by atoms with E-state index >= 15 is 0 Å². The number of nitrogens with zero attached hydrogens (tertiary/aromatic N) is 3. The van der Waals surface area contributed by atoms with Crippen LogP contribution in [-0.2, 0) is 21.9 Å². The Kier molecular flexibility index (Phi) is 10.4. The number of hydrogen-bond donors (Lipinski definition) is 1. The molecule has 0 amide bonds. The number of nitrogens with one attached hydrogen (secondary N) is 1. The van der Waals surface area contributed by atoms with E-state index in [1.807, 2.05) is 50.2 Å². The molecule has 1 N–H and O–H groups in total. The Morgan fingerprint density at radius 2 is 1.74 bits per heavy atom. The number of aromatic nitrogens is 3. The van der Waals surface area contributed by atoms with E-state index in [1.54, 1.807) is 34.6 Å². The topological polar surface area (TPSA) is 87.5 Å². The second kappa shape index (κ2) is 14.8. The number of hydrogen-bond acceptors (Lipinski definition) is 8. The molecule has 2 aliphatic rings. The zero-order valence-corrected chi connectivity index (χ0v) is 28.1. The summed E-state index contributed by atoms with van der Waals surface area (Å²) in [6.45, 7) is 4.38. The van der Waals surface area contributed by atoms with Gasteiger partial charge < -0.3 is 19.5 Å². The van der Waals surface area contributed by atoms with E-state index in [9.17, 15) is 4.79 Å². The zero-order valence-electron chi connectivity index (χ0n) is 25.8. The van der Waals surface area contributed by atoms with Gasteiger partial charge in [0.15, 0.2) is 11.5 Å². The highest BCUT2D eigenvalue weighted by Crippen LogP contribution is 2.41. The number of esters is 1. The summed E-state index contributed by atoms with van der Waals surface area (Å²) in [4.78, 5) is 18.7. The van der Waals surface area contributed by atoms with Gasteiger partial charge in [-0.3, -0.25) is 0 Å². The number of rotatable bonds is 11.